The van der Waals surface area contributed by atoms with Gasteiger partial charge in [-0.25, -0.2) is 4.98 Å². The Bertz CT molecular complexity index is 683. The van der Waals surface area contributed by atoms with E-state index in [0.29, 0.717) is 18.4 Å². The molecular weight excluding hydrogens is 272 g/mol. The molecule has 2 aliphatic rings. The van der Waals surface area contributed by atoms with Crippen LogP contribution in [0.5, 0.6) is 0 Å². The molecule has 1 amide bonds. The number of fused-ring (bicyclic) bond motifs is 2. The summed E-state index contributed by atoms with van der Waals surface area (Å²) in [7, 11) is 0. The summed E-state index contributed by atoms with van der Waals surface area (Å²) in [6.07, 6.45) is 1.68. The molecule has 2 fully saturated rings. The molecule has 104 valence electrons. The van der Waals surface area contributed by atoms with Crippen molar-refractivity contribution in [1.82, 2.24) is 9.88 Å². The Morgan fingerprint density at radius 2 is 2.25 bits per heavy atom. The Labute approximate surface area is 121 Å². The van der Waals surface area contributed by atoms with Crippen LogP contribution in [0.15, 0.2) is 18.2 Å². The summed E-state index contributed by atoms with van der Waals surface area (Å²) in [4.78, 5) is 20.7. The van der Waals surface area contributed by atoms with Gasteiger partial charge in [0.15, 0.2) is 5.13 Å². The zero-order valence-electron chi connectivity index (χ0n) is 11.1. The topological polar surface area (TPSA) is 62.5 Å². The third-order valence-corrected chi connectivity index (χ3v) is 5.25. The van der Waals surface area contributed by atoms with Crippen molar-refractivity contribution < 1.29 is 4.79 Å². The second-order valence-electron chi connectivity index (χ2n) is 5.45. The molecular formula is C14H16N4OS. The van der Waals surface area contributed by atoms with Crippen LogP contribution in [0.4, 0.5) is 10.8 Å². The van der Waals surface area contributed by atoms with Crippen LogP contribution in [0.1, 0.15) is 12.8 Å². The van der Waals surface area contributed by atoms with E-state index in [0.717, 1.165) is 47.1 Å². The average Bonchev–Trinajstić information content (AvgIpc) is 3.02. The van der Waals surface area contributed by atoms with Crippen LogP contribution in [-0.4, -0.2) is 41.5 Å². The minimum atomic E-state index is 0.312. The van der Waals surface area contributed by atoms with Crippen LogP contribution in [0, 0.1) is 0 Å². The van der Waals surface area contributed by atoms with Gasteiger partial charge in [-0.05, 0) is 24.6 Å². The number of piperazine rings is 1. The smallest absolute Gasteiger partial charge is 0.223 e. The normalized spacial score (nSPS) is 22.6. The Balaban J connectivity index is 1.62. The Morgan fingerprint density at radius 3 is 3.15 bits per heavy atom. The van der Waals surface area contributed by atoms with Gasteiger partial charge in [-0.15, -0.1) is 0 Å². The standard InChI is InChI=1S/C14H16N4OS/c15-9-1-3-11-12(7-9)20-14(16-11)17-5-6-18-10(8-17)2-4-13(18)19/h1,3,7,10H,2,4-6,8,15H2. The van der Waals surface area contributed by atoms with Gasteiger partial charge in [0.2, 0.25) is 5.91 Å². The lowest BCUT2D eigenvalue weighted by molar-refractivity contribution is -0.129. The van der Waals surface area contributed by atoms with Crippen molar-refractivity contribution >= 4 is 38.3 Å². The molecule has 1 atom stereocenters. The lowest BCUT2D eigenvalue weighted by atomic mass is 10.2. The van der Waals surface area contributed by atoms with Crippen molar-refractivity contribution in [3.63, 3.8) is 0 Å². The summed E-state index contributed by atoms with van der Waals surface area (Å²) >= 11 is 1.68. The molecule has 0 saturated carbocycles. The third kappa shape index (κ3) is 1.83. The van der Waals surface area contributed by atoms with Crippen LogP contribution in [0.2, 0.25) is 0 Å². The fourth-order valence-corrected chi connectivity index (χ4v) is 4.15. The quantitative estimate of drug-likeness (QED) is 0.811. The molecule has 20 heavy (non-hydrogen) atoms. The van der Waals surface area contributed by atoms with E-state index in [1.807, 2.05) is 23.1 Å². The molecule has 2 saturated heterocycles. The molecule has 5 nitrogen and oxygen atoms in total. The van der Waals surface area contributed by atoms with E-state index in [9.17, 15) is 4.79 Å². The number of carbonyl (C=O) groups excluding carboxylic acids is 1. The van der Waals surface area contributed by atoms with Gasteiger partial charge in [-0.3, -0.25) is 4.79 Å². The van der Waals surface area contributed by atoms with Gasteiger partial charge < -0.3 is 15.5 Å². The largest absolute Gasteiger partial charge is 0.399 e. The van der Waals surface area contributed by atoms with Gasteiger partial charge in [-0.2, -0.15) is 0 Å². The first-order chi connectivity index (χ1) is 9.70. The average molecular weight is 288 g/mol. The third-order valence-electron chi connectivity index (χ3n) is 4.17. The summed E-state index contributed by atoms with van der Waals surface area (Å²) in [5.74, 6) is 0.312. The van der Waals surface area contributed by atoms with Gasteiger partial charge in [0.05, 0.1) is 10.2 Å². The van der Waals surface area contributed by atoms with E-state index in [4.69, 9.17) is 10.7 Å². The maximum atomic E-state index is 11.7. The van der Waals surface area contributed by atoms with Crippen molar-refractivity contribution in [2.24, 2.45) is 0 Å². The van der Waals surface area contributed by atoms with E-state index in [2.05, 4.69) is 4.90 Å². The van der Waals surface area contributed by atoms with E-state index in [1.165, 1.54) is 0 Å². The van der Waals surface area contributed by atoms with Crippen LogP contribution < -0.4 is 10.6 Å². The number of rotatable bonds is 1. The number of amides is 1. The van der Waals surface area contributed by atoms with Crippen molar-refractivity contribution in [1.29, 1.82) is 0 Å². The van der Waals surface area contributed by atoms with Crippen molar-refractivity contribution in [3.8, 4) is 0 Å². The van der Waals surface area contributed by atoms with Gasteiger partial charge >= 0.3 is 0 Å². The minimum Gasteiger partial charge on any atom is -0.399 e. The highest BCUT2D eigenvalue weighted by Gasteiger charge is 2.36. The van der Waals surface area contributed by atoms with E-state index in [-0.39, 0.29) is 0 Å². The molecule has 0 aliphatic carbocycles. The van der Waals surface area contributed by atoms with Crippen LogP contribution in [0.25, 0.3) is 10.2 Å². The predicted molar refractivity (Wildman–Crippen MR) is 81.0 cm³/mol. The summed E-state index contributed by atoms with van der Waals surface area (Å²) in [6, 6.07) is 6.21. The second-order valence-corrected chi connectivity index (χ2v) is 6.46. The summed E-state index contributed by atoms with van der Waals surface area (Å²) < 4.78 is 1.13. The van der Waals surface area contributed by atoms with Gasteiger partial charge in [0, 0.05) is 37.8 Å². The summed E-state index contributed by atoms with van der Waals surface area (Å²) in [5, 5.41) is 1.05. The molecule has 6 heteroatoms. The molecule has 0 radical (unpaired) electrons. The number of nitrogens with zero attached hydrogens (tertiary/aromatic N) is 3. The van der Waals surface area contributed by atoms with Crippen LogP contribution in [-0.2, 0) is 4.79 Å². The Morgan fingerprint density at radius 1 is 1.35 bits per heavy atom. The first-order valence-corrected chi connectivity index (χ1v) is 7.73. The molecule has 2 aromatic rings. The molecule has 4 rings (SSSR count). The molecule has 3 heterocycles. The van der Waals surface area contributed by atoms with Gasteiger partial charge in [0.25, 0.3) is 0 Å². The monoisotopic (exact) mass is 288 g/mol. The molecule has 2 N–H and O–H groups in total. The highest BCUT2D eigenvalue weighted by molar-refractivity contribution is 7.22. The number of anilines is 2. The van der Waals surface area contributed by atoms with E-state index >= 15 is 0 Å². The first-order valence-electron chi connectivity index (χ1n) is 6.91. The highest BCUT2D eigenvalue weighted by atomic mass is 32.1. The molecule has 0 spiro atoms. The minimum absolute atomic E-state index is 0.312. The number of nitrogens with two attached hydrogens (primary N) is 1. The Kier molecular flexibility index (Phi) is 2.60. The lowest BCUT2D eigenvalue weighted by Crippen LogP contribution is -2.51. The lowest BCUT2D eigenvalue weighted by Gasteiger charge is -2.37. The number of hydrogen-bond acceptors (Lipinski definition) is 5. The van der Waals surface area contributed by atoms with Gasteiger partial charge in [-0.1, -0.05) is 11.3 Å². The maximum Gasteiger partial charge on any atom is 0.223 e. The maximum absolute atomic E-state index is 11.7. The Hall–Kier alpha value is -1.82. The fourth-order valence-electron chi connectivity index (χ4n) is 3.10. The molecule has 1 aromatic carbocycles. The van der Waals surface area contributed by atoms with E-state index < -0.39 is 0 Å². The SMILES string of the molecule is Nc1ccc2nc(N3CCN4C(=O)CCC4C3)sc2c1. The summed E-state index contributed by atoms with van der Waals surface area (Å²) in [6.45, 7) is 2.60. The number of aromatic nitrogens is 1. The predicted octanol–water partition coefficient (Wildman–Crippen LogP) is 1.69. The molecule has 1 unspecified atom stereocenters. The van der Waals surface area contributed by atoms with Crippen molar-refractivity contribution in [3.05, 3.63) is 18.2 Å². The van der Waals surface area contributed by atoms with Gasteiger partial charge in [0.1, 0.15) is 0 Å². The summed E-state index contributed by atoms with van der Waals surface area (Å²) in [5.41, 5.74) is 7.60. The number of thiazole rings is 1. The van der Waals surface area contributed by atoms with Crippen LogP contribution in [0.3, 0.4) is 0 Å². The number of carbonyl (C=O) groups is 1. The van der Waals surface area contributed by atoms with E-state index in [1.54, 1.807) is 11.3 Å². The zero-order chi connectivity index (χ0) is 13.7. The number of hydrogen-bond donors (Lipinski definition) is 1. The molecule has 1 aromatic heterocycles. The number of nitrogen functional groups attached to an aromatic ring is 1. The fraction of sp³-hybridized carbons (Fsp3) is 0.429. The zero-order valence-corrected chi connectivity index (χ0v) is 11.9. The molecule has 2 aliphatic heterocycles. The number of benzene rings is 1. The first kappa shape index (κ1) is 12.0. The molecule has 0 bridgehead atoms. The highest BCUT2D eigenvalue weighted by Crippen LogP contribution is 2.33. The van der Waals surface area contributed by atoms with Crippen molar-refractivity contribution in [2.75, 3.05) is 30.3 Å². The van der Waals surface area contributed by atoms with Crippen LogP contribution >= 0.6 is 11.3 Å². The second kappa shape index (κ2) is 4.34. The van der Waals surface area contributed by atoms with Crippen molar-refractivity contribution in [2.45, 2.75) is 18.9 Å².